The second-order valence-corrected chi connectivity index (χ2v) is 3.29. The summed E-state index contributed by atoms with van der Waals surface area (Å²) in [6.45, 7) is 1.28. The first-order valence-corrected chi connectivity index (χ1v) is 4.69. The van der Waals surface area contributed by atoms with E-state index in [4.69, 9.17) is 14.6 Å². The molecule has 1 saturated heterocycles. The first kappa shape index (κ1) is 9.92. The molecule has 0 aliphatic carbocycles. The monoisotopic (exact) mass is 209 g/mol. The minimum absolute atomic E-state index is 0.0354. The summed E-state index contributed by atoms with van der Waals surface area (Å²) in [5, 5.41) is 8.66. The second kappa shape index (κ2) is 4.27. The van der Waals surface area contributed by atoms with E-state index in [-0.39, 0.29) is 11.7 Å². The highest BCUT2D eigenvalue weighted by molar-refractivity contribution is 5.87. The molecule has 0 unspecified atom stereocenters. The Hall–Kier alpha value is -1.62. The normalized spacial score (nSPS) is 20.1. The molecule has 5 nitrogen and oxygen atoms in total. The Morgan fingerprint density at radius 2 is 2.47 bits per heavy atom. The van der Waals surface area contributed by atoms with Crippen LogP contribution in [0.5, 0.6) is 5.88 Å². The number of hydrogen-bond donors (Lipinski definition) is 1. The predicted octanol–water partition coefficient (Wildman–Crippen LogP) is 0.947. The fourth-order valence-corrected chi connectivity index (χ4v) is 1.35. The van der Waals surface area contributed by atoms with Crippen molar-refractivity contribution in [3.05, 3.63) is 23.9 Å². The van der Waals surface area contributed by atoms with Gasteiger partial charge in [-0.15, -0.1) is 0 Å². The number of ether oxygens (including phenoxy) is 2. The van der Waals surface area contributed by atoms with Crippen molar-refractivity contribution in [1.29, 1.82) is 0 Å². The minimum atomic E-state index is -0.988. The third-order valence-electron chi connectivity index (χ3n) is 2.16. The summed E-state index contributed by atoms with van der Waals surface area (Å²) in [6, 6.07) is 3.03. The van der Waals surface area contributed by atoms with Crippen LogP contribution in [0.25, 0.3) is 0 Å². The molecule has 0 spiro atoms. The predicted molar refractivity (Wildman–Crippen MR) is 51.0 cm³/mol. The topological polar surface area (TPSA) is 68.7 Å². The molecular formula is C10H11NO4. The van der Waals surface area contributed by atoms with Crippen molar-refractivity contribution in [1.82, 2.24) is 4.98 Å². The maximum Gasteiger partial charge on any atom is 0.337 e. The number of aromatic carboxylic acids is 1. The van der Waals surface area contributed by atoms with Gasteiger partial charge in [0.1, 0.15) is 6.10 Å². The van der Waals surface area contributed by atoms with Gasteiger partial charge in [-0.3, -0.25) is 0 Å². The lowest BCUT2D eigenvalue weighted by Gasteiger charge is -2.10. The molecule has 1 atom stereocenters. The van der Waals surface area contributed by atoms with Crippen molar-refractivity contribution < 1.29 is 19.4 Å². The molecule has 80 valence electrons. The Morgan fingerprint density at radius 3 is 3.00 bits per heavy atom. The third kappa shape index (κ3) is 2.44. The maximum atomic E-state index is 10.6. The number of aromatic nitrogens is 1. The highest BCUT2D eigenvalue weighted by Gasteiger charge is 2.17. The van der Waals surface area contributed by atoms with Gasteiger partial charge in [-0.25, -0.2) is 9.78 Å². The molecule has 1 aromatic rings. The Morgan fingerprint density at radius 1 is 1.60 bits per heavy atom. The third-order valence-corrected chi connectivity index (χ3v) is 2.16. The van der Waals surface area contributed by atoms with Crippen molar-refractivity contribution in [3.8, 4) is 5.88 Å². The van der Waals surface area contributed by atoms with Crippen molar-refractivity contribution in [2.45, 2.75) is 12.5 Å². The van der Waals surface area contributed by atoms with E-state index in [2.05, 4.69) is 4.98 Å². The molecule has 2 heterocycles. The van der Waals surface area contributed by atoms with Crippen molar-refractivity contribution in [3.63, 3.8) is 0 Å². The highest BCUT2D eigenvalue weighted by atomic mass is 16.5. The van der Waals surface area contributed by atoms with E-state index < -0.39 is 5.97 Å². The smallest absolute Gasteiger partial charge is 0.337 e. The Balaban J connectivity index is 2.00. The zero-order valence-electron chi connectivity index (χ0n) is 8.05. The number of pyridine rings is 1. The fraction of sp³-hybridized carbons (Fsp3) is 0.400. The number of carbonyl (C=O) groups is 1. The van der Waals surface area contributed by atoms with E-state index in [1.165, 1.54) is 12.3 Å². The zero-order valence-corrected chi connectivity index (χ0v) is 8.05. The average molecular weight is 209 g/mol. The molecule has 0 saturated carbocycles. The van der Waals surface area contributed by atoms with Crippen molar-refractivity contribution in [2.75, 3.05) is 13.2 Å². The summed E-state index contributed by atoms with van der Waals surface area (Å²) in [7, 11) is 0. The summed E-state index contributed by atoms with van der Waals surface area (Å²) in [5.74, 6) is -0.547. The number of carboxylic acids is 1. The molecule has 0 amide bonds. The van der Waals surface area contributed by atoms with Crippen LogP contribution in [0, 0.1) is 0 Å². The molecule has 1 aromatic heterocycles. The van der Waals surface area contributed by atoms with Crippen LogP contribution in [0.2, 0.25) is 0 Å². The van der Waals surface area contributed by atoms with E-state index in [1.807, 2.05) is 0 Å². The lowest BCUT2D eigenvalue weighted by atomic mass is 10.3. The van der Waals surface area contributed by atoms with Gasteiger partial charge in [0.05, 0.1) is 18.8 Å². The molecular weight excluding hydrogens is 198 g/mol. The van der Waals surface area contributed by atoms with E-state index in [0.29, 0.717) is 19.1 Å². The minimum Gasteiger partial charge on any atom is -0.478 e. The number of nitrogens with zero attached hydrogens (tertiary/aromatic N) is 1. The largest absolute Gasteiger partial charge is 0.478 e. The standard InChI is InChI=1S/C10H11NO4/c12-10(13)7-1-2-9(11-5-7)15-8-3-4-14-6-8/h1-2,5,8H,3-4,6H2,(H,12,13)/t8-/m0/s1. The van der Waals surface area contributed by atoms with Crippen molar-refractivity contribution >= 4 is 5.97 Å². The highest BCUT2D eigenvalue weighted by Crippen LogP contribution is 2.14. The van der Waals surface area contributed by atoms with E-state index >= 15 is 0 Å². The van der Waals surface area contributed by atoms with Gasteiger partial charge in [-0.05, 0) is 6.07 Å². The van der Waals surface area contributed by atoms with Gasteiger partial charge < -0.3 is 14.6 Å². The molecule has 15 heavy (non-hydrogen) atoms. The van der Waals surface area contributed by atoms with Crippen LogP contribution in [-0.4, -0.2) is 35.4 Å². The lowest BCUT2D eigenvalue weighted by Crippen LogP contribution is -2.16. The van der Waals surface area contributed by atoms with Gasteiger partial charge in [0.15, 0.2) is 0 Å². The Bertz CT molecular complexity index is 343. The molecule has 0 aromatic carbocycles. The SMILES string of the molecule is O=C(O)c1ccc(O[C@H]2CCOC2)nc1. The van der Waals surface area contributed by atoms with Gasteiger partial charge >= 0.3 is 5.97 Å². The van der Waals surface area contributed by atoms with Gasteiger partial charge in [0.2, 0.25) is 5.88 Å². The van der Waals surface area contributed by atoms with Crippen LogP contribution < -0.4 is 4.74 Å². The lowest BCUT2D eigenvalue weighted by molar-refractivity contribution is 0.0696. The van der Waals surface area contributed by atoms with Crippen LogP contribution >= 0.6 is 0 Å². The summed E-state index contributed by atoms with van der Waals surface area (Å²) < 4.78 is 10.6. The van der Waals surface area contributed by atoms with E-state index in [9.17, 15) is 4.79 Å². The Labute approximate surface area is 86.7 Å². The Kier molecular flexibility index (Phi) is 2.82. The van der Waals surface area contributed by atoms with Gasteiger partial charge in [0.25, 0.3) is 0 Å². The van der Waals surface area contributed by atoms with Gasteiger partial charge in [-0.2, -0.15) is 0 Å². The molecule has 0 bridgehead atoms. The fourth-order valence-electron chi connectivity index (χ4n) is 1.35. The summed E-state index contributed by atoms with van der Waals surface area (Å²) in [5.41, 5.74) is 0.157. The first-order valence-electron chi connectivity index (χ1n) is 4.69. The van der Waals surface area contributed by atoms with E-state index in [0.717, 1.165) is 6.42 Å². The van der Waals surface area contributed by atoms with E-state index in [1.54, 1.807) is 6.07 Å². The van der Waals surface area contributed by atoms with Crippen LogP contribution in [0.15, 0.2) is 18.3 Å². The van der Waals surface area contributed by atoms with Crippen LogP contribution in [0.3, 0.4) is 0 Å². The summed E-state index contributed by atoms with van der Waals surface area (Å²) >= 11 is 0. The number of rotatable bonds is 3. The van der Waals surface area contributed by atoms with Gasteiger partial charge in [-0.1, -0.05) is 0 Å². The summed E-state index contributed by atoms with van der Waals surface area (Å²) in [4.78, 5) is 14.5. The maximum absolute atomic E-state index is 10.6. The van der Waals surface area contributed by atoms with Crippen LogP contribution in [0.1, 0.15) is 16.8 Å². The molecule has 0 radical (unpaired) electrons. The molecule has 5 heteroatoms. The van der Waals surface area contributed by atoms with Crippen LogP contribution in [-0.2, 0) is 4.74 Å². The zero-order chi connectivity index (χ0) is 10.7. The molecule has 1 aliphatic rings. The average Bonchev–Trinajstić information content (AvgIpc) is 2.71. The van der Waals surface area contributed by atoms with Crippen molar-refractivity contribution in [2.24, 2.45) is 0 Å². The molecule has 1 fully saturated rings. The first-order chi connectivity index (χ1) is 7.25. The second-order valence-electron chi connectivity index (χ2n) is 3.29. The number of carboxylic acid groups (broad SMARTS) is 1. The molecule has 1 aliphatic heterocycles. The molecule has 1 N–H and O–H groups in total. The molecule has 2 rings (SSSR count). The number of hydrogen-bond acceptors (Lipinski definition) is 4. The van der Waals surface area contributed by atoms with Crippen LogP contribution in [0.4, 0.5) is 0 Å². The van der Waals surface area contributed by atoms with Gasteiger partial charge in [0, 0.05) is 18.7 Å². The summed E-state index contributed by atoms with van der Waals surface area (Å²) in [6.07, 6.45) is 2.17. The quantitative estimate of drug-likeness (QED) is 0.802.